The van der Waals surface area contributed by atoms with E-state index in [0.717, 1.165) is 30.4 Å². The molecule has 1 saturated heterocycles. The summed E-state index contributed by atoms with van der Waals surface area (Å²) < 4.78 is 0. The minimum atomic E-state index is -1.00. The molecule has 10 nitrogen and oxygen atoms in total. The monoisotopic (exact) mass is 620 g/mol. The van der Waals surface area contributed by atoms with Gasteiger partial charge in [0.25, 0.3) is 0 Å². The Hall–Kier alpha value is -3.94. The smallest absolute Gasteiger partial charge is 0.245 e. The molecular formula is C33H41ClN6O4. The molecule has 0 radical (unpaired) electrons. The van der Waals surface area contributed by atoms with E-state index in [4.69, 9.17) is 23.9 Å². The van der Waals surface area contributed by atoms with Crippen molar-refractivity contribution in [3.8, 4) is 0 Å². The number of hydrogen-bond donors (Lipinski definition) is 3. The second-order valence-corrected chi connectivity index (χ2v) is 12.6. The summed E-state index contributed by atoms with van der Waals surface area (Å²) in [5.74, 6) is -1.36. The molecule has 0 spiro atoms. The third kappa shape index (κ3) is 7.58. The Bertz CT molecular complexity index is 1470. The number of nitrogens with two attached hydrogens (primary N) is 1. The predicted octanol–water partition coefficient (Wildman–Crippen LogP) is 4.50. The van der Waals surface area contributed by atoms with Crippen molar-refractivity contribution in [2.45, 2.75) is 89.9 Å². The molecule has 2 aromatic rings. The topological polar surface area (TPSA) is 129 Å². The lowest BCUT2D eigenvalue weighted by Gasteiger charge is -2.42. The number of hydrogen-bond acceptors (Lipinski definition) is 5. The predicted molar refractivity (Wildman–Crippen MR) is 170 cm³/mol. The molecule has 4 amide bonds. The number of carbonyl (C=O) groups excluding carboxylic acids is 4. The number of likely N-dealkylation sites (tertiary alicyclic amines) is 1. The van der Waals surface area contributed by atoms with Crippen molar-refractivity contribution in [3.05, 3.63) is 69.5 Å². The van der Waals surface area contributed by atoms with Crippen LogP contribution in [0.3, 0.4) is 0 Å². The van der Waals surface area contributed by atoms with Crippen LogP contribution in [0.4, 0.5) is 11.4 Å². The van der Waals surface area contributed by atoms with Crippen LogP contribution in [-0.2, 0) is 32.1 Å². The number of fused-ring (bicyclic) bond motifs is 1. The van der Waals surface area contributed by atoms with Crippen molar-refractivity contribution in [1.29, 1.82) is 0 Å². The number of anilines is 1. The Morgan fingerprint density at radius 3 is 2.50 bits per heavy atom. The van der Waals surface area contributed by atoms with Gasteiger partial charge in [0.2, 0.25) is 29.3 Å². The number of nitrogens with zero attached hydrogens (tertiary/aromatic N) is 3. The third-order valence-electron chi connectivity index (χ3n) is 8.62. The van der Waals surface area contributed by atoms with Crippen LogP contribution in [0.1, 0.15) is 69.1 Å². The fraction of sp³-hybridized carbons (Fsp3) is 0.485. The number of halogens is 1. The molecule has 0 aromatic heterocycles. The van der Waals surface area contributed by atoms with Gasteiger partial charge in [-0.25, -0.2) is 4.85 Å². The Labute approximate surface area is 264 Å². The van der Waals surface area contributed by atoms with E-state index in [-0.39, 0.29) is 67.5 Å². The second-order valence-electron chi connectivity index (χ2n) is 12.2. The van der Waals surface area contributed by atoms with Crippen molar-refractivity contribution >= 4 is 46.6 Å². The van der Waals surface area contributed by atoms with Crippen molar-refractivity contribution < 1.29 is 19.2 Å². The van der Waals surface area contributed by atoms with Gasteiger partial charge in [-0.05, 0) is 81.8 Å². The summed E-state index contributed by atoms with van der Waals surface area (Å²) in [7, 11) is 0. The number of amides is 4. The molecule has 0 saturated carbocycles. The molecular weight excluding hydrogens is 580 g/mol. The SMILES string of the molecule is [C-]#[N+]c1cc(Cl)c(C)cc1NC(=O)[C@H](CCN)NC(=O)[C@@H]1Cc2ccccc2CN1C(=O)CCC(=O)N1CCCCC1(C)C. The van der Waals surface area contributed by atoms with E-state index in [0.29, 0.717) is 17.1 Å². The van der Waals surface area contributed by atoms with Crippen LogP contribution in [-0.4, -0.2) is 64.1 Å². The number of carbonyl (C=O) groups is 4. The van der Waals surface area contributed by atoms with Crippen LogP contribution >= 0.6 is 11.6 Å². The van der Waals surface area contributed by atoms with Crippen LogP contribution in [0.15, 0.2) is 36.4 Å². The fourth-order valence-electron chi connectivity index (χ4n) is 6.03. The molecule has 2 aliphatic rings. The first kappa shape index (κ1) is 33.0. The minimum Gasteiger partial charge on any atom is -0.342 e. The Morgan fingerprint density at radius 1 is 1.11 bits per heavy atom. The van der Waals surface area contributed by atoms with Crippen molar-refractivity contribution in [1.82, 2.24) is 15.1 Å². The van der Waals surface area contributed by atoms with Crippen LogP contribution in [0, 0.1) is 13.5 Å². The summed E-state index contributed by atoms with van der Waals surface area (Å²) >= 11 is 6.15. The van der Waals surface area contributed by atoms with E-state index in [1.807, 2.05) is 29.2 Å². The van der Waals surface area contributed by atoms with Crippen molar-refractivity contribution in [2.75, 3.05) is 18.4 Å². The molecule has 4 N–H and O–H groups in total. The van der Waals surface area contributed by atoms with Gasteiger partial charge in [-0.3, -0.25) is 19.2 Å². The molecule has 0 unspecified atom stereocenters. The van der Waals surface area contributed by atoms with Crippen molar-refractivity contribution in [3.63, 3.8) is 0 Å². The summed E-state index contributed by atoms with van der Waals surface area (Å²) in [5.41, 5.74) is 8.59. The zero-order valence-electron chi connectivity index (χ0n) is 25.6. The van der Waals surface area contributed by atoms with Crippen LogP contribution < -0.4 is 16.4 Å². The Kier molecular flexibility index (Phi) is 10.7. The molecule has 0 aliphatic carbocycles. The van der Waals surface area contributed by atoms with E-state index < -0.39 is 23.9 Å². The van der Waals surface area contributed by atoms with E-state index >= 15 is 0 Å². The standard InChI is InChI=1S/C33H41ClN6O4/c1-21-17-27(26(36-4)19-24(21)34)38-31(43)25(13-15-35)37-32(44)28-18-22-9-5-6-10-23(22)20-39(28)29(41)11-12-30(42)40-16-8-7-14-33(40,2)3/h5-6,9-10,17,19,25,28H,7-8,11-16,18,20,35H2,1-3H3,(H,37,44)(H,38,43)/t25-,28-/m0/s1. The minimum absolute atomic E-state index is 0.0145. The number of aryl methyl sites for hydroxylation is 1. The van der Waals surface area contributed by atoms with E-state index in [9.17, 15) is 19.2 Å². The lowest BCUT2D eigenvalue weighted by atomic mass is 9.90. The average molecular weight is 621 g/mol. The number of piperidine rings is 1. The number of benzene rings is 2. The van der Waals surface area contributed by atoms with Gasteiger partial charge >= 0.3 is 0 Å². The van der Waals surface area contributed by atoms with Gasteiger partial charge in [-0.2, -0.15) is 0 Å². The molecule has 1 fully saturated rings. The fourth-order valence-corrected chi connectivity index (χ4v) is 6.18. The highest BCUT2D eigenvalue weighted by atomic mass is 35.5. The highest BCUT2D eigenvalue weighted by Crippen LogP contribution is 2.32. The lowest BCUT2D eigenvalue weighted by Crippen LogP contribution is -2.56. The van der Waals surface area contributed by atoms with E-state index in [1.165, 1.54) is 11.0 Å². The normalized spacial score (nSPS) is 18.0. The van der Waals surface area contributed by atoms with Gasteiger partial charge in [0.15, 0.2) is 0 Å². The van der Waals surface area contributed by atoms with E-state index in [2.05, 4.69) is 29.3 Å². The largest absolute Gasteiger partial charge is 0.342 e. The molecule has 0 bridgehead atoms. The molecule has 2 aromatic carbocycles. The summed E-state index contributed by atoms with van der Waals surface area (Å²) in [6.07, 6.45) is 3.42. The summed E-state index contributed by atoms with van der Waals surface area (Å²) in [4.78, 5) is 60.7. The van der Waals surface area contributed by atoms with Gasteiger partial charge < -0.3 is 26.2 Å². The molecule has 234 valence electrons. The van der Waals surface area contributed by atoms with Crippen LogP contribution in [0.5, 0.6) is 0 Å². The van der Waals surface area contributed by atoms with Gasteiger partial charge in [0.05, 0.1) is 6.57 Å². The lowest BCUT2D eigenvalue weighted by molar-refractivity contribution is -0.145. The summed E-state index contributed by atoms with van der Waals surface area (Å²) in [5, 5.41) is 5.96. The highest BCUT2D eigenvalue weighted by Gasteiger charge is 2.37. The van der Waals surface area contributed by atoms with E-state index in [1.54, 1.807) is 13.0 Å². The maximum absolute atomic E-state index is 13.8. The number of nitrogens with one attached hydrogen (secondary N) is 2. The quantitative estimate of drug-likeness (QED) is 0.356. The molecule has 2 aliphatic heterocycles. The zero-order valence-corrected chi connectivity index (χ0v) is 26.4. The maximum atomic E-state index is 13.8. The Balaban J connectivity index is 1.50. The third-order valence-corrected chi connectivity index (χ3v) is 9.03. The van der Waals surface area contributed by atoms with Gasteiger partial charge in [0, 0.05) is 48.6 Å². The van der Waals surface area contributed by atoms with Gasteiger partial charge in [-0.1, -0.05) is 35.9 Å². The zero-order chi connectivity index (χ0) is 32.0. The highest BCUT2D eigenvalue weighted by molar-refractivity contribution is 6.31. The van der Waals surface area contributed by atoms with Gasteiger partial charge in [-0.15, -0.1) is 0 Å². The molecule has 4 rings (SSSR count). The van der Waals surface area contributed by atoms with Crippen LogP contribution in [0.25, 0.3) is 4.85 Å². The summed E-state index contributed by atoms with van der Waals surface area (Å²) in [6, 6.07) is 8.86. The summed E-state index contributed by atoms with van der Waals surface area (Å²) in [6.45, 7) is 14.4. The number of rotatable bonds is 9. The Morgan fingerprint density at radius 2 is 1.82 bits per heavy atom. The molecule has 44 heavy (non-hydrogen) atoms. The molecule has 2 heterocycles. The van der Waals surface area contributed by atoms with Crippen LogP contribution in [0.2, 0.25) is 5.02 Å². The maximum Gasteiger partial charge on any atom is 0.245 e. The average Bonchev–Trinajstić information content (AvgIpc) is 3.00. The van der Waals surface area contributed by atoms with Crippen molar-refractivity contribution in [2.24, 2.45) is 5.73 Å². The molecule has 11 heteroatoms. The second kappa shape index (κ2) is 14.2. The first-order valence-corrected chi connectivity index (χ1v) is 15.5. The van der Waals surface area contributed by atoms with Gasteiger partial charge in [0.1, 0.15) is 12.1 Å². The molecule has 2 atom stereocenters. The first-order chi connectivity index (χ1) is 20.9. The first-order valence-electron chi connectivity index (χ1n) is 15.1.